The van der Waals surface area contributed by atoms with Crippen molar-refractivity contribution in [1.82, 2.24) is 5.32 Å². The van der Waals surface area contributed by atoms with E-state index in [9.17, 15) is 14.9 Å². The number of anilines is 1. The quantitative estimate of drug-likeness (QED) is 0.565. The largest absolute Gasteiger partial charge is 0.381 e. The van der Waals surface area contributed by atoms with Crippen molar-refractivity contribution >= 4 is 28.9 Å². The third-order valence-electron chi connectivity index (χ3n) is 5.21. The maximum atomic E-state index is 11.8. The van der Waals surface area contributed by atoms with Crippen LogP contribution in [0.1, 0.15) is 28.8 Å². The Morgan fingerprint density at radius 2 is 1.89 bits per heavy atom. The summed E-state index contributed by atoms with van der Waals surface area (Å²) in [5.74, 6) is -0.364. The summed E-state index contributed by atoms with van der Waals surface area (Å²) >= 11 is 6.03. The Morgan fingerprint density at radius 3 is 2.50 bits per heavy atom. The molecule has 0 atom stereocenters. The second-order valence-corrected chi connectivity index (χ2v) is 7.26. The fraction of sp³-hybridized carbons (Fsp3) is 0.350. The second-order valence-electron chi connectivity index (χ2n) is 6.82. The summed E-state index contributed by atoms with van der Waals surface area (Å²) in [6, 6.07) is 12.2. The molecule has 1 heterocycles. The molecule has 0 saturated carbocycles. The lowest BCUT2D eigenvalue weighted by molar-refractivity contribution is -0.384. The van der Waals surface area contributed by atoms with E-state index < -0.39 is 4.92 Å². The molecule has 28 heavy (non-hydrogen) atoms. The number of benzene rings is 2. The molecule has 2 aromatic rings. The van der Waals surface area contributed by atoms with E-state index in [2.05, 4.69) is 10.6 Å². The van der Waals surface area contributed by atoms with Gasteiger partial charge in [-0.1, -0.05) is 23.7 Å². The summed E-state index contributed by atoms with van der Waals surface area (Å²) in [5, 5.41) is 17.9. The van der Waals surface area contributed by atoms with E-state index in [0.717, 1.165) is 18.4 Å². The third-order valence-corrected chi connectivity index (χ3v) is 5.46. The number of ether oxygens (including phenoxy) is 1. The van der Waals surface area contributed by atoms with E-state index in [4.69, 9.17) is 16.3 Å². The molecule has 1 aliphatic heterocycles. The summed E-state index contributed by atoms with van der Waals surface area (Å²) in [5.41, 5.74) is 1.42. The van der Waals surface area contributed by atoms with Crippen LogP contribution >= 0.6 is 11.6 Å². The first-order valence-electron chi connectivity index (χ1n) is 9.03. The second kappa shape index (κ2) is 8.58. The molecule has 8 heteroatoms. The number of hydrogen-bond acceptors (Lipinski definition) is 5. The predicted molar refractivity (Wildman–Crippen MR) is 108 cm³/mol. The predicted octanol–water partition coefficient (Wildman–Crippen LogP) is 3.77. The highest BCUT2D eigenvalue weighted by Crippen LogP contribution is 2.37. The van der Waals surface area contributed by atoms with Gasteiger partial charge >= 0.3 is 0 Å². The average molecular weight is 404 g/mol. The number of carbonyl (C=O) groups excluding carboxylic acids is 1. The van der Waals surface area contributed by atoms with E-state index >= 15 is 0 Å². The number of carbonyl (C=O) groups is 1. The van der Waals surface area contributed by atoms with Crippen molar-refractivity contribution in [3.63, 3.8) is 0 Å². The number of amides is 1. The summed E-state index contributed by atoms with van der Waals surface area (Å²) < 4.78 is 5.53. The van der Waals surface area contributed by atoms with Crippen LogP contribution in [-0.4, -0.2) is 37.6 Å². The van der Waals surface area contributed by atoms with Gasteiger partial charge in [-0.2, -0.15) is 0 Å². The number of nitro groups is 1. The lowest BCUT2D eigenvalue weighted by Gasteiger charge is -2.38. The molecular formula is C20H22ClN3O4. The standard InChI is InChI=1S/C20H22ClN3O4/c1-22-19(25)14-2-7-17(18(12-14)24(26)27)23-13-20(8-10-28-11-9-20)15-3-5-16(21)6-4-15/h2-7,12,23H,8-11,13H2,1H3,(H,22,25). The number of nitro benzene ring substituents is 1. The molecule has 0 radical (unpaired) electrons. The van der Waals surface area contributed by atoms with Gasteiger partial charge in [0, 0.05) is 48.9 Å². The Morgan fingerprint density at radius 1 is 1.21 bits per heavy atom. The first kappa shape index (κ1) is 20.1. The van der Waals surface area contributed by atoms with Crippen LogP contribution in [0.3, 0.4) is 0 Å². The maximum Gasteiger partial charge on any atom is 0.293 e. The minimum absolute atomic E-state index is 0.126. The SMILES string of the molecule is CNC(=O)c1ccc(NCC2(c3ccc(Cl)cc3)CCOCC2)c([N+](=O)[O-])c1. The van der Waals surface area contributed by atoms with Gasteiger partial charge in [-0.25, -0.2) is 0 Å². The summed E-state index contributed by atoms with van der Waals surface area (Å²) in [6.07, 6.45) is 1.59. The van der Waals surface area contributed by atoms with Crippen molar-refractivity contribution < 1.29 is 14.5 Å². The van der Waals surface area contributed by atoms with E-state index in [0.29, 0.717) is 30.5 Å². The molecular weight excluding hydrogens is 382 g/mol. The first-order valence-corrected chi connectivity index (χ1v) is 9.41. The Balaban J connectivity index is 1.88. The normalized spacial score (nSPS) is 15.6. The smallest absolute Gasteiger partial charge is 0.293 e. The van der Waals surface area contributed by atoms with Crippen molar-refractivity contribution in [2.24, 2.45) is 0 Å². The van der Waals surface area contributed by atoms with Crippen LogP contribution in [0, 0.1) is 10.1 Å². The highest BCUT2D eigenvalue weighted by atomic mass is 35.5. The fourth-order valence-corrected chi connectivity index (χ4v) is 3.64. The van der Waals surface area contributed by atoms with Crippen molar-refractivity contribution in [2.75, 3.05) is 32.1 Å². The molecule has 148 valence electrons. The zero-order chi connectivity index (χ0) is 20.1. The molecule has 0 bridgehead atoms. The van der Waals surface area contributed by atoms with E-state index in [-0.39, 0.29) is 22.6 Å². The van der Waals surface area contributed by atoms with Gasteiger partial charge in [0.2, 0.25) is 0 Å². The van der Waals surface area contributed by atoms with E-state index in [1.807, 2.05) is 24.3 Å². The summed E-state index contributed by atoms with van der Waals surface area (Å²) in [4.78, 5) is 22.8. The minimum Gasteiger partial charge on any atom is -0.381 e. The van der Waals surface area contributed by atoms with Gasteiger partial charge in [-0.3, -0.25) is 14.9 Å². The fourth-order valence-electron chi connectivity index (χ4n) is 3.52. The highest BCUT2D eigenvalue weighted by molar-refractivity contribution is 6.30. The summed E-state index contributed by atoms with van der Waals surface area (Å²) in [6.45, 7) is 1.77. The molecule has 1 amide bonds. The van der Waals surface area contributed by atoms with Crippen LogP contribution in [0.2, 0.25) is 5.02 Å². The van der Waals surface area contributed by atoms with Crippen LogP contribution in [0.4, 0.5) is 11.4 Å². The zero-order valence-electron chi connectivity index (χ0n) is 15.5. The molecule has 0 unspecified atom stereocenters. The van der Waals surface area contributed by atoms with E-state index in [1.165, 1.54) is 13.1 Å². The zero-order valence-corrected chi connectivity index (χ0v) is 16.3. The molecule has 2 aromatic carbocycles. The van der Waals surface area contributed by atoms with Crippen LogP contribution in [0.15, 0.2) is 42.5 Å². The number of halogens is 1. The van der Waals surface area contributed by atoms with Crippen molar-refractivity contribution in [3.05, 3.63) is 68.7 Å². The molecule has 0 aromatic heterocycles. The molecule has 0 aliphatic carbocycles. The van der Waals surface area contributed by atoms with Gasteiger partial charge in [0.15, 0.2) is 0 Å². The maximum absolute atomic E-state index is 11.8. The van der Waals surface area contributed by atoms with Crippen molar-refractivity contribution in [2.45, 2.75) is 18.3 Å². The minimum atomic E-state index is -0.478. The lowest BCUT2D eigenvalue weighted by Crippen LogP contribution is -2.40. The number of nitrogens with zero attached hydrogens (tertiary/aromatic N) is 1. The van der Waals surface area contributed by atoms with Crippen molar-refractivity contribution in [3.8, 4) is 0 Å². The Kier molecular flexibility index (Phi) is 6.16. The Bertz CT molecular complexity index is 864. The Labute approximate surface area is 168 Å². The molecule has 1 saturated heterocycles. The van der Waals surface area contributed by atoms with Crippen LogP contribution < -0.4 is 10.6 Å². The highest BCUT2D eigenvalue weighted by Gasteiger charge is 2.35. The Hall–Kier alpha value is -2.64. The average Bonchev–Trinajstić information content (AvgIpc) is 2.72. The number of hydrogen-bond donors (Lipinski definition) is 2. The van der Waals surface area contributed by atoms with Crippen LogP contribution in [0.5, 0.6) is 0 Å². The summed E-state index contributed by atoms with van der Waals surface area (Å²) in [7, 11) is 1.49. The molecule has 3 rings (SSSR count). The first-order chi connectivity index (χ1) is 13.4. The number of nitrogens with one attached hydrogen (secondary N) is 2. The van der Waals surface area contributed by atoms with Crippen molar-refractivity contribution in [1.29, 1.82) is 0 Å². The molecule has 1 aliphatic rings. The molecule has 1 fully saturated rings. The van der Waals surface area contributed by atoms with Gasteiger partial charge < -0.3 is 15.4 Å². The molecule has 0 spiro atoms. The lowest BCUT2D eigenvalue weighted by atomic mass is 9.74. The van der Waals surface area contributed by atoms with Gasteiger partial charge in [0.1, 0.15) is 5.69 Å². The topological polar surface area (TPSA) is 93.5 Å². The monoisotopic (exact) mass is 403 g/mol. The van der Waals surface area contributed by atoms with E-state index in [1.54, 1.807) is 12.1 Å². The number of rotatable bonds is 6. The van der Waals surface area contributed by atoms with Crippen LogP contribution in [-0.2, 0) is 10.2 Å². The van der Waals surface area contributed by atoms with Crippen LogP contribution in [0.25, 0.3) is 0 Å². The van der Waals surface area contributed by atoms with Gasteiger partial charge in [-0.05, 0) is 42.7 Å². The van der Waals surface area contributed by atoms with Gasteiger partial charge in [0.25, 0.3) is 11.6 Å². The third kappa shape index (κ3) is 4.26. The molecule has 7 nitrogen and oxygen atoms in total. The van der Waals surface area contributed by atoms with Gasteiger partial charge in [-0.15, -0.1) is 0 Å². The molecule has 2 N–H and O–H groups in total. The van der Waals surface area contributed by atoms with Gasteiger partial charge in [0.05, 0.1) is 4.92 Å².